The largest absolute Gasteiger partial charge is 0.493 e. The van der Waals surface area contributed by atoms with E-state index in [2.05, 4.69) is 16.0 Å². The fraction of sp³-hybridized carbons (Fsp3) is 0.667. The molecule has 1 N–H and O–H groups in total. The Hall–Kier alpha value is -1.27. The van der Waals surface area contributed by atoms with Gasteiger partial charge in [0.2, 0.25) is 0 Å². The molecule has 0 atom stereocenters. The fourth-order valence-corrected chi connectivity index (χ4v) is 4.69. The van der Waals surface area contributed by atoms with Crippen molar-refractivity contribution in [2.24, 2.45) is 5.41 Å². The molecular weight excluding hydrogens is 363 g/mol. The van der Waals surface area contributed by atoms with Crippen molar-refractivity contribution in [3.8, 4) is 5.75 Å². The van der Waals surface area contributed by atoms with Crippen LogP contribution in [0.3, 0.4) is 0 Å². The minimum Gasteiger partial charge on any atom is -0.493 e. The highest BCUT2D eigenvalue weighted by Gasteiger charge is 2.32. The lowest BCUT2D eigenvalue weighted by Gasteiger charge is -2.33. The number of benzene rings is 1. The first kappa shape index (κ1) is 19.1. The molecule has 1 aromatic rings. The van der Waals surface area contributed by atoms with Gasteiger partial charge >= 0.3 is 0 Å². The van der Waals surface area contributed by atoms with Gasteiger partial charge in [-0.1, -0.05) is 26.2 Å². The maximum Gasteiger partial charge on any atom is 0.265 e. The van der Waals surface area contributed by atoms with Crippen LogP contribution in [0.5, 0.6) is 5.75 Å². The molecule has 1 amide bonds. The zero-order chi connectivity index (χ0) is 18.9. The molecule has 1 aliphatic heterocycles. The SMILES string of the molecule is CC1(COc2cc(F)c(C(=O)NSN3CCC3)cc2C2CC2)CCCCC1. The predicted molar refractivity (Wildman–Crippen MR) is 106 cm³/mol. The Kier molecular flexibility index (Phi) is 5.65. The van der Waals surface area contributed by atoms with E-state index < -0.39 is 5.82 Å². The van der Waals surface area contributed by atoms with Gasteiger partial charge in [0.15, 0.2) is 0 Å². The van der Waals surface area contributed by atoms with Crippen molar-refractivity contribution in [1.29, 1.82) is 0 Å². The van der Waals surface area contributed by atoms with Crippen molar-refractivity contribution in [3.05, 3.63) is 29.1 Å². The van der Waals surface area contributed by atoms with Crippen LogP contribution >= 0.6 is 12.1 Å². The minimum absolute atomic E-state index is 0.126. The van der Waals surface area contributed by atoms with Crippen LogP contribution in [0.15, 0.2) is 12.1 Å². The molecule has 27 heavy (non-hydrogen) atoms. The van der Waals surface area contributed by atoms with E-state index in [9.17, 15) is 9.18 Å². The van der Waals surface area contributed by atoms with Gasteiger partial charge in [0, 0.05) is 36.7 Å². The van der Waals surface area contributed by atoms with Crippen LogP contribution in [0.25, 0.3) is 0 Å². The van der Waals surface area contributed by atoms with E-state index in [-0.39, 0.29) is 16.9 Å². The first-order valence-corrected chi connectivity index (χ1v) is 11.0. The number of hydrogen-bond donors (Lipinski definition) is 1. The molecule has 2 saturated carbocycles. The van der Waals surface area contributed by atoms with Gasteiger partial charge in [0.25, 0.3) is 5.91 Å². The van der Waals surface area contributed by atoms with Crippen molar-refractivity contribution in [2.45, 2.75) is 64.2 Å². The van der Waals surface area contributed by atoms with E-state index in [4.69, 9.17) is 4.74 Å². The highest BCUT2D eigenvalue weighted by atomic mass is 32.2. The molecule has 0 spiro atoms. The van der Waals surface area contributed by atoms with Gasteiger partial charge in [-0.2, -0.15) is 0 Å². The van der Waals surface area contributed by atoms with E-state index >= 15 is 0 Å². The first-order valence-electron chi connectivity index (χ1n) is 10.2. The van der Waals surface area contributed by atoms with Gasteiger partial charge in [-0.15, -0.1) is 0 Å². The molecule has 3 aliphatic rings. The average molecular weight is 393 g/mol. The van der Waals surface area contributed by atoms with E-state index in [1.165, 1.54) is 50.3 Å². The number of carbonyl (C=O) groups excluding carboxylic acids is 1. The molecule has 1 saturated heterocycles. The second-order valence-electron chi connectivity index (χ2n) is 8.61. The fourth-order valence-electron chi connectivity index (χ4n) is 3.93. The molecule has 6 heteroatoms. The second kappa shape index (κ2) is 8.00. The molecule has 3 fully saturated rings. The Morgan fingerprint density at radius 1 is 1.26 bits per heavy atom. The molecule has 0 aromatic heterocycles. The van der Waals surface area contributed by atoms with E-state index in [1.807, 2.05) is 0 Å². The Labute approximate surface area is 165 Å². The molecule has 1 heterocycles. The van der Waals surface area contributed by atoms with Crippen molar-refractivity contribution >= 4 is 18.0 Å². The monoisotopic (exact) mass is 392 g/mol. The number of ether oxygens (including phenoxy) is 1. The molecule has 0 radical (unpaired) electrons. The molecular formula is C21H29FN2O2S. The summed E-state index contributed by atoms with van der Waals surface area (Å²) in [7, 11) is 0. The number of carbonyl (C=O) groups is 1. The Morgan fingerprint density at radius 3 is 2.63 bits per heavy atom. The highest BCUT2D eigenvalue weighted by molar-refractivity contribution is 7.95. The predicted octanol–water partition coefficient (Wildman–Crippen LogP) is 5.05. The molecule has 0 unspecified atom stereocenters. The molecule has 4 rings (SSSR count). The van der Waals surface area contributed by atoms with Gasteiger partial charge in [0.1, 0.15) is 11.6 Å². The number of hydrogen-bond acceptors (Lipinski definition) is 4. The third kappa shape index (κ3) is 4.60. The summed E-state index contributed by atoms with van der Waals surface area (Å²) in [6.07, 6.45) is 9.45. The van der Waals surface area contributed by atoms with E-state index in [1.54, 1.807) is 6.07 Å². The lowest BCUT2D eigenvalue weighted by atomic mass is 9.76. The quantitative estimate of drug-likeness (QED) is 0.659. The summed E-state index contributed by atoms with van der Waals surface area (Å²) in [5.74, 6) is 0.171. The van der Waals surface area contributed by atoms with Crippen molar-refractivity contribution in [2.75, 3.05) is 19.7 Å². The summed E-state index contributed by atoms with van der Waals surface area (Å²) >= 11 is 1.27. The summed E-state index contributed by atoms with van der Waals surface area (Å²) in [4.78, 5) is 12.4. The number of rotatable bonds is 7. The summed E-state index contributed by atoms with van der Waals surface area (Å²) < 4.78 is 25.6. The normalized spacial score (nSPS) is 22.1. The molecule has 148 valence electrons. The number of halogens is 1. The summed E-state index contributed by atoms with van der Waals surface area (Å²) in [6, 6.07) is 3.15. The molecule has 0 bridgehead atoms. The van der Waals surface area contributed by atoms with Crippen molar-refractivity contribution < 1.29 is 13.9 Å². The van der Waals surface area contributed by atoms with Gasteiger partial charge in [0.05, 0.1) is 12.2 Å². The average Bonchev–Trinajstić information content (AvgIpc) is 3.44. The van der Waals surface area contributed by atoms with Crippen LogP contribution < -0.4 is 9.46 Å². The molecule has 1 aromatic carbocycles. The van der Waals surface area contributed by atoms with Crippen LogP contribution in [0, 0.1) is 11.2 Å². The number of nitrogens with one attached hydrogen (secondary N) is 1. The topological polar surface area (TPSA) is 41.6 Å². The maximum absolute atomic E-state index is 14.7. The van der Waals surface area contributed by atoms with Crippen LogP contribution in [-0.2, 0) is 0 Å². The summed E-state index contributed by atoms with van der Waals surface area (Å²) in [5, 5.41) is 0. The van der Waals surface area contributed by atoms with Gasteiger partial charge in [-0.25, -0.2) is 8.70 Å². The van der Waals surface area contributed by atoms with Gasteiger partial charge in [-0.05, 0) is 49.7 Å². The lowest BCUT2D eigenvalue weighted by molar-refractivity contribution is 0.0977. The smallest absolute Gasteiger partial charge is 0.265 e. The lowest BCUT2D eigenvalue weighted by Crippen LogP contribution is -2.35. The summed E-state index contributed by atoms with van der Waals surface area (Å²) in [6.45, 7) is 4.83. The van der Waals surface area contributed by atoms with E-state index in [0.717, 1.165) is 37.9 Å². The maximum atomic E-state index is 14.7. The highest BCUT2D eigenvalue weighted by Crippen LogP contribution is 2.46. The summed E-state index contributed by atoms with van der Waals surface area (Å²) in [5.41, 5.74) is 1.30. The molecule has 2 aliphatic carbocycles. The standard InChI is InChI=1S/C21H29FN2O2S/c1-21(8-3-2-4-9-21)14-26-19-13-18(22)17(12-16(19)15-6-7-15)20(25)23-27-24-10-5-11-24/h12-13,15H,2-11,14H2,1H3,(H,23,25). The van der Waals surface area contributed by atoms with Gasteiger partial charge in [-0.3, -0.25) is 9.52 Å². The Morgan fingerprint density at radius 2 is 2.00 bits per heavy atom. The minimum atomic E-state index is -0.495. The number of amides is 1. The van der Waals surface area contributed by atoms with Crippen molar-refractivity contribution in [1.82, 2.24) is 9.03 Å². The van der Waals surface area contributed by atoms with Crippen LogP contribution in [0.4, 0.5) is 4.39 Å². The van der Waals surface area contributed by atoms with Crippen molar-refractivity contribution in [3.63, 3.8) is 0 Å². The Balaban J connectivity index is 1.46. The van der Waals surface area contributed by atoms with Crippen LogP contribution in [0.1, 0.15) is 80.1 Å². The van der Waals surface area contributed by atoms with Crippen LogP contribution in [-0.4, -0.2) is 29.9 Å². The Bertz CT molecular complexity index is 698. The molecule has 4 nitrogen and oxygen atoms in total. The van der Waals surface area contributed by atoms with Crippen LogP contribution in [0.2, 0.25) is 0 Å². The first-order chi connectivity index (χ1) is 13.0. The zero-order valence-electron chi connectivity index (χ0n) is 16.1. The van der Waals surface area contributed by atoms with Gasteiger partial charge < -0.3 is 4.74 Å². The van der Waals surface area contributed by atoms with E-state index in [0.29, 0.717) is 18.3 Å². The second-order valence-corrected chi connectivity index (χ2v) is 9.51. The third-order valence-electron chi connectivity index (χ3n) is 6.08. The zero-order valence-corrected chi connectivity index (χ0v) is 16.9. The third-order valence-corrected chi connectivity index (χ3v) is 6.98. The number of nitrogens with zero attached hydrogens (tertiary/aromatic N) is 1.